The van der Waals surface area contributed by atoms with Crippen LogP contribution < -0.4 is 9.80 Å². The summed E-state index contributed by atoms with van der Waals surface area (Å²) in [5.41, 5.74) is 2.02. The van der Waals surface area contributed by atoms with E-state index in [0.717, 1.165) is 30.4 Å². The standard InChI is InChI=1S/C24H24N6/c1-4-12-20(13-5-1)30(21-14-6-2-7-15-21)24-26-22(28-16-8-3-9-17-28)25-23(27-24)29-18-10-11-19-29/h1-2,4-7,10-15,18-19H,3,8-9,16-17H2. The molecule has 30 heavy (non-hydrogen) atoms. The number of nitrogens with zero attached hydrogens (tertiary/aromatic N) is 6. The Morgan fingerprint density at radius 2 is 1.17 bits per heavy atom. The van der Waals surface area contributed by atoms with Crippen LogP contribution in [0.15, 0.2) is 85.2 Å². The number of hydrogen-bond donors (Lipinski definition) is 0. The van der Waals surface area contributed by atoms with Crippen molar-refractivity contribution in [3.63, 3.8) is 0 Å². The molecule has 0 bridgehead atoms. The molecule has 0 aliphatic carbocycles. The quantitative estimate of drug-likeness (QED) is 0.468. The van der Waals surface area contributed by atoms with Gasteiger partial charge in [0, 0.05) is 36.9 Å². The first-order valence-corrected chi connectivity index (χ1v) is 10.4. The van der Waals surface area contributed by atoms with Crippen LogP contribution in [0, 0.1) is 0 Å². The first-order valence-electron chi connectivity index (χ1n) is 10.4. The molecule has 2 aromatic heterocycles. The summed E-state index contributed by atoms with van der Waals surface area (Å²) in [6.45, 7) is 1.95. The summed E-state index contributed by atoms with van der Waals surface area (Å²) < 4.78 is 1.94. The Bertz CT molecular complexity index is 1030. The zero-order valence-corrected chi connectivity index (χ0v) is 16.8. The Morgan fingerprint density at radius 3 is 1.77 bits per heavy atom. The normalized spacial score (nSPS) is 13.9. The summed E-state index contributed by atoms with van der Waals surface area (Å²) in [5.74, 6) is 1.98. The van der Waals surface area contributed by atoms with Gasteiger partial charge in [-0.25, -0.2) is 0 Å². The molecule has 6 nitrogen and oxygen atoms in total. The van der Waals surface area contributed by atoms with Gasteiger partial charge in [0.25, 0.3) is 0 Å². The van der Waals surface area contributed by atoms with Crippen molar-refractivity contribution in [3.05, 3.63) is 85.2 Å². The molecule has 1 aliphatic rings. The van der Waals surface area contributed by atoms with Crippen molar-refractivity contribution in [1.82, 2.24) is 19.5 Å². The van der Waals surface area contributed by atoms with E-state index in [1.807, 2.05) is 65.5 Å². The van der Waals surface area contributed by atoms with E-state index in [0.29, 0.717) is 11.9 Å². The molecule has 1 aliphatic heterocycles. The molecule has 1 fully saturated rings. The van der Waals surface area contributed by atoms with Crippen LogP contribution in [0.25, 0.3) is 5.95 Å². The van der Waals surface area contributed by atoms with Crippen LogP contribution >= 0.6 is 0 Å². The molecule has 2 aromatic carbocycles. The van der Waals surface area contributed by atoms with Crippen LogP contribution in [0.5, 0.6) is 0 Å². The third-order valence-corrected chi connectivity index (χ3v) is 5.30. The van der Waals surface area contributed by atoms with Crippen LogP contribution in [0.4, 0.5) is 23.3 Å². The van der Waals surface area contributed by atoms with Crippen LogP contribution in [0.3, 0.4) is 0 Å². The third-order valence-electron chi connectivity index (χ3n) is 5.30. The first kappa shape index (κ1) is 18.4. The third kappa shape index (κ3) is 3.76. The van der Waals surface area contributed by atoms with Crippen molar-refractivity contribution in [1.29, 1.82) is 0 Å². The van der Waals surface area contributed by atoms with Crippen LogP contribution in [-0.4, -0.2) is 32.6 Å². The lowest BCUT2D eigenvalue weighted by Crippen LogP contribution is -2.32. The van der Waals surface area contributed by atoms with Gasteiger partial charge < -0.3 is 4.90 Å². The number of anilines is 4. The fourth-order valence-electron chi connectivity index (χ4n) is 3.80. The highest BCUT2D eigenvalue weighted by atomic mass is 15.4. The van der Waals surface area contributed by atoms with Gasteiger partial charge in [-0.3, -0.25) is 9.47 Å². The Kier molecular flexibility index (Phi) is 5.12. The largest absolute Gasteiger partial charge is 0.341 e. The van der Waals surface area contributed by atoms with E-state index in [9.17, 15) is 0 Å². The number of para-hydroxylation sites is 2. The van der Waals surface area contributed by atoms with Gasteiger partial charge in [0.2, 0.25) is 17.8 Å². The molecule has 5 rings (SSSR count). The summed E-state index contributed by atoms with van der Waals surface area (Å²) in [7, 11) is 0. The van der Waals surface area contributed by atoms with E-state index in [2.05, 4.69) is 34.1 Å². The minimum absolute atomic E-state index is 0.617. The topological polar surface area (TPSA) is 50.1 Å². The van der Waals surface area contributed by atoms with E-state index in [-0.39, 0.29) is 0 Å². The van der Waals surface area contributed by atoms with Crippen molar-refractivity contribution in [3.8, 4) is 5.95 Å². The molecule has 0 N–H and O–H groups in total. The summed E-state index contributed by atoms with van der Waals surface area (Å²) in [4.78, 5) is 19.0. The van der Waals surface area contributed by atoms with Crippen molar-refractivity contribution < 1.29 is 0 Å². The van der Waals surface area contributed by atoms with Crippen molar-refractivity contribution in [2.24, 2.45) is 0 Å². The highest BCUT2D eigenvalue weighted by Crippen LogP contribution is 2.33. The molecule has 0 radical (unpaired) electrons. The fourth-order valence-corrected chi connectivity index (χ4v) is 3.80. The van der Waals surface area contributed by atoms with Crippen molar-refractivity contribution >= 4 is 23.3 Å². The van der Waals surface area contributed by atoms with Gasteiger partial charge in [-0.05, 0) is 55.7 Å². The molecule has 0 saturated carbocycles. The van der Waals surface area contributed by atoms with Crippen LogP contribution in [0.1, 0.15) is 19.3 Å². The Morgan fingerprint density at radius 1 is 0.600 bits per heavy atom. The highest BCUT2D eigenvalue weighted by Gasteiger charge is 2.21. The molecule has 6 heteroatoms. The maximum Gasteiger partial charge on any atom is 0.241 e. The van der Waals surface area contributed by atoms with E-state index in [1.165, 1.54) is 19.3 Å². The molecular formula is C24H24N6. The molecule has 1 saturated heterocycles. The lowest BCUT2D eigenvalue weighted by molar-refractivity contribution is 0.566. The molecule has 4 aromatic rings. The minimum Gasteiger partial charge on any atom is -0.341 e. The summed E-state index contributed by atoms with van der Waals surface area (Å²) >= 11 is 0. The summed E-state index contributed by atoms with van der Waals surface area (Å²) in [6.07, 6.45) is 7.53. The lowest BCUT2D eigenvalue weighted by Gasteiger charge is -2.29. The average Bonchev–Trinajstić information content (AvgIpc) is 3.36. The second-order valence-corrected chi connectivity index (χ2v) is 7.38. The average molecular weight is 396 g/mol. The molecule has 150 valence electrons. The number of rotatable bonds is 5. The predicted molar refractivity (Wildman–Crippen MR) is 120 cm³/mol. The van der Waals surface area contributed by atoms with E-state index in [1.54, 1.807) is 0 Å². The zero-order chi connectivity index (χ0) is 20.2. The molecule has 0 spiro atoms. The van der Waals surface area contributed by atoms with Gasteiger partial charge in [-0.15, -0.1) is 0 Å². The van der Waals surface area contributed by atoms with Crippen molar-refractivity contribution in [2.45, 2.75) is 19.3 Å². The molecule has 0 atom stereocenters. The summed E-state index contributed by atoms with van der Waals surface area (Å²) in [5, 5.41) is 0. The smallest absolute Gasteiger partial charge is 0.241 e. The molecule has 0 unspecified atom stereocenters. The Balaban J connectivity index is 1.67. The second-order valence-electron chi connectivity index (χ2n) is 7.38. The van der Waals surface area contributed by atoms with Crippen LogP contribution in [-0.2, 0) is 0 Å². The van der Waals surface area contributed by atoms with E-state index < -0.39 is 0 Å². The number of hydrogen-bond acceptors (Lipinski definition) is 5. The summed E-state index contributed by atoms with van der Waals surface area (Å²) in [6, 6.07) is 24.4. The van der Waals surface area contributed by atoms with Gasteiger partial charge in [0.15, 0.2) is 0 Å². The van der Waals surface area contributed by atoms with E-state index >= 15 is 0 Å². The predicted octanol–water partition coefficient (Wildman–Crippen LogP) is 5.12. The Labute approximate surface area is 176 Å². The monoisotopic (exact) mass is 396 g/mol. The second kappa shape index (κ2) is 8.37. The molecular weight excluding hydrogens is 372 g/mol. The fraction of sp³-hybridized carbons (Fsp3) is 0.208. The SMILES string of the molecule is c1ccc(N(c2ccccc2)c2nc(N3CCCCC3)nc(-n3cccc3)n2)cc1. The van der Waals surface area contributed by atoms with Crippen molar-refractivity contribution in [2.75, 3.05) is 22.9 Å². The van der Waals surface area contributed by atoms with Gasteiger partial charge in [-0.2, -0.15) is 15.0 Å². The maximum atomic E-state index is 4.94. The Hall–Kier alpha value is -3.67. The van der Waals surface area contributed by atoms with Gasteiger partial charge >= 0.3 is 0 Å². The van der Waals surface area contributed by atoms with Gasteiger partial charge in [-0.1, -0.05) is 36.4 Å². The number of piperidine rings is 1. The minimum atomic E-state index is 0.617. The highest BCUT2D eigenvalue weighted by molar-refractivity contribution is 5.73. The first-order chi connectivity index (χ1) is 14.9. The number of benzene rings is 2. The number of aromatic nitrogens is 4. The molecule has 3 heterocycles. The van der Waals surface area contributed by atoms with Crippen LogP contribution in [0.2, 0.25) is 0 Å². The van der Waals surface area contributed by atoms with Gasteiger partial charge in [0.05, 0.1) is 0 Å². The lowest BCUT2D eigenvalue weighted by atomic mass is 10.1. The zero-order valence-electron chi connectivity index (χ0n) is 16.8. The van der Waals surface area contributed by atoms with E-state index in [4.69, 9.17) is 15.0 Å². The molecule has 0 amide bonds. The van der Waals surface area contributed by atoms with Gasteiger partial charge in [0.1, 0.15) is 0 Å². The maximum absolute atomic E-state index is 4.94.